The number of rotatable bonds is 6. The maximum atomic E-state index is 2.59. The highest BCUT2D eigenvalue weighted by atomic mass is 32.1. The first-order valence-electron chi connectivity index (χ1n) is 24.0. The zero-order chi connectivity index (χ0) is 45.9. The van der Waals surface area contributed by atoms with Crippen molar-refractivity contribution in [3.8, 4) is 20.9 Å². The molecule has 11 aromatic rings. The second-order valence-electron chi connectivity index (χ2n) is 18.4. The Morgan fingerprint density at radius 2 is 0.557 bits per heavy atom. The molecule has 0 amide bonds. The number of hydrogen-bond acceptors (Lipinski definition) is 6. The molecular weight excluding hydrogens is 886 g/mol. The normalized spacial score (nSPS) is 13.5. The SMILES string of the molecule is c1ccc(-c2cc3c(s2)N(c2ccccc2)c2cccc4c2B3c2cc3c(cc2N4c2ccccc2)B2c4cc(-c5ccccc5)sc4N(c4ccccc4)c4cccc(c42)N3c2ccccc2)cc1. The molecule has 0 aliphatic carbocycles. The first-order valence-corrected chi connectivity index (χ1v) is 25.6. The highest BCUT2D eigenvalue weighted by Crippen LogP contribution is 2.51. The number of nitrogens with zero attached hydrogens (tertiary/aromatic N) is 4. The van der Waals surface area contributed by atoms with E-state index in [1.807, 2.05) is 22.7 Å². The molecule has 4 nitrogen and oxygen atoms in total. The van der Waals surface area contributed by atoms with Crippen LogP contribution in [-0.4, -0.2) is 13.4 Å². The van der Waals surface area contributed by atoms with Gasteiger partial charge in [0, 0.05) is 66.6 Å². The average Bonchev–Trinajstić information content (AvgIpc) is 4.08. The Bertz CT molecular complexity index is 3560. The van der Waals surface area contributed by atoms with E-state index in [-0.39, 0.29) is 13.4 Å². The summed E-state index contributed by atoms with van der Waals surface area (Å²) >= 11 is 3.79. The molecule has 0 fully saturated rings. The monoisotopic (exact) mass is 926 g/mol. The summed E-state index contributed by atoms with van der Waals surface area (Å²) < 4.78 is 0. The van der Waals surface area contributed by atoms with E-state index in [1.165, 1.54) is 97.8 Å². The van der Waals surface area contributed by atoms with Crippen molar-refractivity contribution in [1.82, 2.24) is 0 Å². The Balaban J connectivity index is 1.05. The second-order valence-corrected chi connectivity index (χ2v) is 20.5. The molecule has 326 valence electrons. The van der Waals surface area contributed by atoms with Crippen LogP contribution >= 0.6 is 22.7 Å². The third-order valence-corrected chi connectivity index (χ3v) is 17.0. The van der Waals surface area contributed by atoms with E-state index in [2.05, 4.69) is 262 Å². The van der Waals surface area contributed by atoms with Crippen molar-refractivity contribution < 1.29 is 0 Å². The van der Waals surface area contributed by atoms with Crippen molar-refractivity contribution in [2.45, 2.75) is 0 Å². The van der Waals surface area contributed by atoms with Crippen LogP contribution in [0.1, 0.15) is 0 Å². The van der Waals surface area contributed by atoms with Gasteiger partial charge in [-0.1, -0.05) is 146 Å². The number of anilines is 12. The lowest BCUT2D eigenvalue weighted by molar-refractivity contribution is 1.25. The van der Waals surface area contributed by atoms with Crippen LogP contribution in [0, 0.1) is 0 Å². The van der Waals surface area contributed by atoms with Gasteiger partial charge in [-0.05, 0) is 141 Å². The van der Waals surface area contributed by atoms with Crippen molar-refractivity contribution in [3.05, 3.63) is 243 Å². The van der Waals surface area contributed by atoms with E-state index in [4.69, 9.17) is 0 Å². The van der Waals surface area contributed by atoms with E-state index in [0.717, 1.165) is 22.7 Å². The quantitative estimate of drug-likeness (QED) is 0.154. The van der Waals surface area contributed by atoms with Gasteiger partial charge in [-0.2, -0.15) is 0 Å². The molecule has 4 aliphatic rings. The van der Waals surface area contributed by atoms with Crippen LogP contribution in [-0.2, 0) is 0 Å². The fourth-order valence-electron chi connectivity index (χ4n) is 11.8. The molecule has 9 aromatic carbocycles. The van der Waals surface area contributed by atoms with Crippen molar-refractivity contribution in [2.75, 3.05) is 19.6 Å². The maximum Gasteiger partial charge on any atom is 0.253 e. The fourth-order valence-corrected chi connectivity index (χ4v) is 14.2. The topological polar surface area (TPSA) is 13.0 Å². The predicted molar refractivity (Wildman–Crippen MR) is 301 cm³/mol. The van der Waals surface area contributed by atoms with Gasteiger partial charge >= 0.3 is 0 Å². The van der Waals surface area contributed by atoms with Crippen LogP contribution in [0.4, 0.5) is 66.9 Å². The molecular formula is C62H40B2N4S2. The van der Waals surface area contributed by atoms with Crippen LogP contribution < -0.4 is 52.4 Å². The van der Waals surface area contributed by atoms with Gasteiger partial charge in [0.25, 0.3) is 13.4 Å². The average molecular weight is 927 g/mol. The minimum absolute atomic E-state index is 0.0400. The molecule has 70 heavy (non-hydrogen) atoms. The van der Waals surface area contributed by atoms with Gasteiger partial charge in [-0.25, -0.2) is 0 Å². The van der Waals surface area contributed by atoms with Crippen LogP contribution in [0.2, 0.25) is 0 Å². The lowest BCUT2D eigenvalue weighted by Crippen LogP contribution is -2.64. The van der Waals surface area contributed by atoms with Crippen LogP contribution in [0.15, 0.2) is 243 Å². The lowest BCUT2D eigenvalue weighted by atomic mass is 9.31. The number of para-hydroxylation sites is 4. The van der Waals surface area contributed by atoms with Crippen molar-refractivity contribution >= 4 is 136 Å². The first-order chi connectivity index (χ1) is 34.8. The van der Waals surface area contributed by atoms with Crippen molar-refractivity contribution in [3.63, 3.8) is 0 Å². The standard InChI is InChI=1S/C62H40B2N4S2/c1-7-21-41(22-8-1)57-39-49-61(69-57)67(45-29-15-5-16-30-45)53-35-19-33-51-59(53)63(49)47-37-56-48(38-55(47)65(51)43-25-11-3-12-26-43)64-50-40-58(42-23-9-2-10-24-42)70-62(50)68(46-31-17-6-18-32-46)54-36-20-34-52(60(54)64)66(56)44-27-13-4-14-28-44/h1-40H. The summed E-state index contributed by atoms with van der Waals surface area (Å²) in [5.74, 6) is 0. The van der Waals surface area contributed by atoms with E-state index in [0.29, 0.717) is 0 Å². The largest absolute Gasteiger partial charge is 0.311 e. The van der Waals surface area contributed by atoms with Crippen LogP contribution in [0.25, 0.3) is 20.9 Å². The Morgan fingerprint density at radius 1 is 0.257 bits per heavy atom. The summed E-state index contributed by atoms with van der Waals surface area (Å²) in [6.45, 7) is -0.0800. The molecule has 0 bridgehead atoms. The van der Waals surface area contributed by atoms with E-state index in [1.54, 1.807) is 0 Å². The van der Waals surface area contributed by atoms with E-state index >= 15 is 0 Å². The second kappa shape index (κ2) is 15.6. The molecule has 0 atom stereocenters. The summed E-state index contributed by atoms with van der Waals surface area (Å²) in [6, 6.07) is 89.9. The van der Waals surface area contributed by atoms with Gasteiger partial charge in [0.1, 0.15) is 0 Å². The van der Waals surface area contributed by atoms with E-state index in [9.17, 15) is 0 Å². The van der Waals surface area contributed by atoms with Crippen molar-refractivity contribution in [1.29, 1.82) is 0 Å². The third kappa shape index (κ3) is 5.84. The zero-order valence-corrected chi connectivity index (χ0v) is 39.5. The molecule has 2 aromatic heterocycles. The molecule has 8 heteroatoms. The molecule has 15 rings (SSSR count). The lowest BCUT2D eigenvalue weighted by Gasteiger charge is -2.46. The zero-order valence-electron chi connectivity index (χ0n) is 37.9. The number of hydrogen-bond donors (Lipinski definition) is 0. The molecule has 0 unspecified atom stereocenters. The van der Waals surface area contributed by atoms with Crippen molar-refractivity contribution in [2.24, 2.45) is 0 Å². The summed E-state index contributed by atoms with van der Waals surface area (Å²) in [7, 11) is 0. The highest BCUT2D eigenvalue weighted by molar-refractivity contribution is 7.24. The van der Waals surface area contributed by atoms with Gasteiger partial charge in [0.15, 0.2) is 0 Å². The summed E-state index contributed by atoms with van der Waals surface area (Å²) in [5.41, 5.74) is 22.2. The van der Waals surface area contributed by atoms with Crippen LogP contribution in [0.3, 0.4) is 0 Å². The molecule has 0 saturated heterocycles. The smallest absolute Gasteiger partial charge is 0.253 e. The number of benzene rings is 9. The van der Waals surface area contributed by atoms with Gasteiger partial charge in [0.2, 0.25) is 0 Å². The number of thiophene rings is 2. The Hall–Kier alpha value is -8.29. The molecule has 0 spiro atoms. The van der Waals surface area contributed by atoms with Gasteiger partial charge in [-0.15, -0.1) is 22.7 Å². The summed E-state index contributed by atoms with van der Waals surface area (Å²) in [6.07, 6.45) is 0. The molecule has 0 radical (unpaired) electrons. The minimum atomic E-state index is -0.0400. The van der Waals surface area contributed by atoms with Gasteiger partial charge in [-0.3, -0.25) is 0 Å². The molecule has 0 saturated carbocycles. The predicted octanol–water partition coefficient (Wildman–Crippen LogP) is 13.3. The minimum Gasteiger partial charge on any atom is -0.311 e. The maximum absolute atomic E-state index is 2.59. The number of fused-ring (bicyclic) bond motifs is 8. The fraction of sp³-hybridized carbons (Fsp3) is 0. The first kappa shape index (κ1) is 39.7. The van der Waals surface area contributed by atoms with Gasteiger partial charge in [0.05, 0.1) is 10.0 Å². The Morgan fingerprint density at radius 3 is 0.900 bits per heavy atom. The Kier molecular flexibility index (Phi) is 8.86. The Labute approximate surface area is 416 Å². The summed E-state index contributed by atoms with van der Waals surface area (Å²) in [5, 5.41) is 2.52. The van der Waals surface area contributed by atoms with Crippen LogP contribution in [0.5, 0.6) is 0 Å². The highest BCUT2D eigenvalue weighted by Gasteiger charge is 2.49. The summed E-state index contributed by atoms with van der Waals surface area (Å²) in [4.78, 5) is 12.7. The molecule has 4 aliphatic heterocycles. The van der Waals surface area contributed by atoms with Gasteiger partial charge < -0.3 is 19.6 Å². The molecule has 0 N–H and O–H groups in total. The van der Waals surface area contributed by atoms with E-state index < -0.39 is 0 Å². The molecule has 6 heterocycles. The third-order valence-electron chi connectivity index (χ3n) is 14.6.